The zero-order valence-corrected chi connectivity index (χ0v) is 26.9. The van der Waals surface area contributed by atoms with Gasteiger partial charge in [-0.1, -0.05) is 146 Å². The third kappa shape index (κ3) is 4.50. The Balaban J connectivity index is 1.11. The average molecular weight is 628 g/mol. The molecule has 232 valence electrons. The van der Waals surface area contributed by atoms with Gasteiger partial charge in [0, 0.05) is 34.2 Å². The van der Waals surface area contributed by atoms with Crippen LogP contribution in [-0.2, 0) is 0 Å². The summed E-state index contributed by atoms with van der Waals surface area (Å²) in [6, 6.07) is 52.3. The number of aromatic nitrogens is 2. The predicted octanol–water partition coefficient (Wildman–Crippen LogP) is 11.1. The van der Waals surface area contributed by atoms with E-state index in [2.05, 4.69) is 175 Å². The second-order valence-electron chi connectivity index (χ2n) is 13.3. The smallest absolute Gasteiger partial charge is 0.136 e. The van der Waals surface area contributed by atoms with Crippen molar-refractivity contribution in [3.8, 4) is 22.4 Å². The first-order valence-electron chi connectivity index (χ1n) is 17.2. The van der Waals surface area contributed by atoms with Crippen LogP contribution in [0.1, 0.15) is 35.2 Å². The minimum absolute atomic E-state index is 0.0615. The van der Waals surface area contributed by atoms with Gasteiger partial charge >= 0.3 is 0 Å². The van der Waals surface area contributed by atoms with Gasteiger partial charge in [0.2, 0.25) is 0 Å². The van der Waals surface area contributed by atoms with Crippen molar-refractivity contribution in [2.24, 2.45) is 0 Å². The molecule has 0 bridgehead atoms. The van der Waals surface area contributed by atoms with Gasteiger partial charge in [-0.15, -0.1) is 0 Å². The maximum absolute atomic E-state index is 5.47. The molecule has 0 saturated carbocycles. The monoisotopic (exact) mass is 627 g/mol. The molecule has 0 spiro atoms. The lowest BCUT2D eigenvalue weighted by molar-refractivity contribution is 0.659. The van der Waals surface area contributed by atoms with Gasteiger partial charge in [-0.3, -0.25) is 0 Å². The summed E-state index contributed by atoms with van der Waals surface area (Å²) in [6.45, 7) is 0. The summed E-state index contributed by atoms with van der Waals surface area (Å²) >= 11 is 0. The lowest BCUT2D eigenvalue weighted by Gasteiger charge is -2.32. The molecular weight excluding hydrogens is 595 g/mol. The van der Waals surface area contributed by atoms with Crippen LogP contribution in [0.25, 0.3) is 50.1 Å². The van der Waals surface area contributed by atoms with E-state index in [0.29, 0.717) is 0 Å². The number of hydrogen-bond acceptors (Lipinski definition) is 3. The zero-order valence-electron chi connectivity index (χ0n) is 26.9. The van der Waals surface area contributed by atoms with Crippen LogP contribution in [0.2, 0.25) is 0 Å². The van der Waals surface area contributed by atoms with E-state index in [1.165, 1.54) is 50.0 Å². The van der Waals surface area contributed by atoms with Gasteiger partial charge in [0.25, 0.3) is 0 Å². The molecular formula is C46H33N3. The van der Waals surface area contributed by atoms with Crippen LogP contribution < -0.4 is 4.90 Å². The standard InChI is InChI=1S/C46H33N3/c1-3-13-30(14-4-1)34-25-26-38(37-20-10-9-19-36(34)37)45-39-21-11-12-22-41(39)47-46(48-45)32-24-27-42-40(29-32)44-35-18-8-7-15-31(35)23-28-43(44)49(42)33-16-5-2-6-17-33/h1-28,32,43-44H,29H2. The fourth-order valence-electron chi connectivity index (χ4n) is 8.40. The highest BCUT2D eigenvalue weighted by Crippen LogP contribution is 2.52. The molecule has 0 amide bonds. The highest BCUT2D eigenvalue weighted by Gasteiger charge is 2.44. The van der Waals surface area contributed by atoms with Crippen molar-refractivity contribution in [2.75, 3.05) is 4.90 Å². The maximum Gasteiger partial charge on any atom is 0.136 e. The van der Waals surface area contributed by atoms with Crippen LogP contribution in [0.4, 0.5) is 5.69 Å². The molecule has 3 aliphatic rings. The first kappa shape index (κ1) is 28.0. The Morgan fingerprint density at radius 3 is 2.06 bits per heavy atom. The second-order valence-corrected chi connectivity index (χ2v) is 13.3. The molecule has 3 unspecified atom stereocenters. The summed E-state index contributed by atoms with van der Waals surface area (Å²) in [4.78, 5) is 13.3. The van der Waals surface area contributed by atoms with Gasteiger partial charge < -0.3 is 4.90 Å². The predicted molar refractivity (Wildman–Crippen MR) is 202 cm³/mol. The highest BCUT2D eigenvalue weighted by molar-refractivity contribution is 6.08. The molecule has 2 aliphatic carbocycles. The van der Waals surface area contributed by atoms with Crippen LogP contribution in [0, 0.1) is 0 Å². The third-order valence-electron chi connectivity index (χ3n) is 10.6. The Morgan fingerprint density at radius 1 is 0.551 bits per heavy atom. The largest absolute Gasteiger partial charge is 0.334 e. The average Bonchev–Trinajstić information content (AvgIpc) is 3.52. The number of allylic oxidation sites excluding steroid dienone is 2. The summed E-state index contributed by atoms with van der Waals surface area (Å²) < 4.78 is 0. The molecule has 3 nitrogen and oxygen atoms in total. The van der Waals surface area contributed by atoms with E-state index in [1.807, 2.05) is 0 Å². The Morgan fingerprint density at radius 2 is 1.22 bits per heavy atom. The van der Waals surface area contributed by atoms with Gasteiger partial charge in [-0.2, -0.15) is 0 Å². The molecule has 49 heavy (non-hydrogen) atoms. The molecule has 0 radical (unpaired) electrons. The van der Waals surface area contributed by atoms with E-state index in [0.717, 1.165) is 34.4 Å². The number of hydrogen-bond donors (Lipinski definition) is 0. The van der Waals surface area contributed by atoms with Crippen molar-refractivity contribution < 1.29 is 0 Å². The normalized spacial score (nSPS) is 19.3. The fraction of sp³-hybridized carbons (Fsp3) is 0.0870. The number of para-hydroxylation sites is 2. The topological polar surface area (TPSA) is 29.0 Å². The lowest BCUT2D eigenvalue weighted by Crippen LogP contribution is -2.32. The van der Waals surface area contributed by atoms with Crippen LogP contribution in [-0.4, -0.2) is 16.0 Å². The minimum Gasteiger partial charge on any atom is -0.334 e. The quantitative estimate of drug-likeness (QED) is 0.194. The van der Waals surface area contributed by atoms with Crippen molar-refractivity contribution >= 4 is 33.4 Å². The summed E-state index contributed by atoms with van der Waals surface area (Å²) in [5, 5.41) is 3.50. The number of nitrogens with zero attached hydrogens (tertiary/aromatic N) is 3. The summed E-state index contributed by atoms with van der Waals surface area (Å²) in [7, 11) is 0. The zero-order chi connectivity index (χ0) is 32.3. The van der Waals surface area contributed by atoms with E-state index < -0.39 is 0 Å². The summed E-state index contributed by atoms with van der Waals surface area (Å²) in [5.74, 6) is 1.21. The fourth-order valence-corrected chi connectivity index (χ4v) is 8.40. The van der Waals surface area contributed by atoms with Gasteiger partial charge in [-0.05, 0) is 69.3 Å². The number of fused-ring (bicyclic) bond motifs is 6. The Bertz CT molecular complexity index is 2490. The van der Waals surface area contributed by atoms with E-state index in [4.69, 9.17) is 9.97 Å². The van der Waals surface area contributed by atoms with Crippen molar-refractivity contribution in [3.05, 3.63) is 192 Å². The number of anilines is 1. The summed E-state index contributed by atoms with van der Waals surface area (Å²) in [6.07, 6.45) is 10.3. The molecule has 7 aromatic rings. The van der Waals surface area contributed by atoms with E-state index >= 15 is 0 Å². The SMILES string of the molecule is C1=CC(c2nc(-c3ccc(-c4ccccc4)c4ccccc34)c3ccccc3n2)CC2=C1N(c1ccccc1)C1C=Cc3ccccc3C21. The van der Waals surface area contributed by atoms with Crippen LogP contribution in [0.5, 0.6) is 0 Å². The van der Waals surface area contributed by atoms with Gasteiger partial charge in [0.1, 0.15) is 5.82 Å². The molecule has 0 saturated heterocycles. The van der Waals surface area contributed by atoms with E-state index in [1.54, 1.807) is 0 Å². The van der Waals surface area contributed by atoms with Gasteiger partial charge in [0.15, 0.2) is 0 Å². The molecule has 2 heterocycles. The summed E-state index contributed by atoms with van der Waals surface area (Å²) in [5.41, 5.74) is 12.3. The lowest BCUT2D eigenvalue weighted by atomic mass is 9.77. The van der Waals surface area contributed by atoms with Crippen molar-refractivity contribution in [2.45, 2.75) is 24.3 Å². The first-order chi connectivity index (χ1) is 24.3. The van der Waals surface area contributed by atoms with E-state index in [-0.39, 0.29) is 17.9 Å². The molecule has 3 heteroatoms. The molecule has 1 aromatic heterocycles. The third-order valence-corrected chi connectivity index (χ3v) is 10.6. The Kier molecular flexibility index (Phi) is 6.45. The highest BCUT2D eigenvalue weighted by atomic mass is 15.2. The molecule has 6 aromatic carbocycles. The van der Waals surface area contributed by atoms with Crippen molar-refractivity contribution in [1.82, 2.24) is 9.97 Å². The van der Waals surface area contributed by atoms with E-state index in [9.17, 15) is 0 Å². The Hall–Kier alpha value is -6.06. The molecule has 0 fully saturated rings. The maximum atomic E-state index is 5.47. The van der Waals surface area contributed by atoms with Crippen molar-refractivity contribution in [1.29, 1.82) is 0 Å². The van der Waals surface area contributed by atoms with Gasteiger partial charge in [-0.25, -0.2) is 9.97 Å². The van der Waals surface area contributed by atoms with Gasteiger partial charge in [0.05, 0.1) is 17.3 Å². The molecule has 3 atom stereocenters. The molecule has 1 aliphatic heterocycles. The van der Waals surface area contributed by atoms with Crippen LogP contribution in [0.15, 0.2) is 175 Å². The number of rotatable bonds is 4. The Labute approximate surface area is 286 Å². The second kappa shape index (κ2) is 11.3. The first-order valence-corrected chi connectivity index (χ1v) is 17.2. The van der Waals surface area contributed by atoms with Crippen LogP contribution >= 0.6 is 0 Å². The minimum atomic E-state index is 0.0615. The molecule has 10 rings (SSSR count). The number of benzene rings is 6. The molecule has 0 N–H and O–H groups in total. The van der Waals surface area contributed by atoms with Crippen LogP contribution in [0.3, 0.4) is 0 Å². The van der Waals surface area contributed by atoms with Crippen molar-refractivity contribution in [3.63, 3.8) is 0 Å².